The predicted molar refractivity (Wildman–Crippen MR) is 104 cm³/mol. The van der Waals surface area contributed by atoms with Gasteiger partial charge in [0.25, 0.3) is 0 Å². The van der Waals surface area contributed by atoms with Crippen LogP contribution in [0.5, 0.6) is 0 Å². The first-order chi connectivity index (χ1) is 12.3. The van der Waals surface area contributed by atoms with E-state index in [9.17, 15) is 14.4 Å². The first-order valence-electron chi connectivity index (χ1n) is 7.98. The Bertz CT molecular complexity index is 852. The van der Waals surface area contributed by atoms with Gasteiger partial charge in [-0.05, 0) is 42.8 Å². The van der Waals surface area contributed by atoms with E-state index >= 15 is 0 Å². The molecule has 6 nitrogen and oxygen atoms in total. The molecule has 0 saturated heterocycles. The van der Waals surface area contributed by atoms with Crippen molar-refractivity contribution in [1.82, 2.24) is 0 Å². The molecule has 0 fully saturated rings. The summed E-state index contributed by atoms with van der Waals surface area (Å²) in [6.45, 7) is 4.44. The molecule has 136 valence electrons. The Morgan fingerprint density at radius 2 is 1.62 bits per heavy atom. The van der Waals surface area contributed by atoms with Crippen LogP contribution >= 0.6 is 11.6 Å². The second-order valence-corrected chi connectivity index (χ2v) is 6.21. The molecule has 7 heteroatoms. The van der Waals surface area contributed by atoms with E-state index in [0.29, 0.717) is 22.1 Å². The molecule has 0 aliphatic rings. The van der Waals surface area contributed by atoms with Gasteiger partial charge in [0.1, 0.15) is 6.54 Å². The molecular weight excluding hydrogens is 354 g/mol. The predicted octanol–water partition coefficient (Wildman–Crippen LogP) is 3.60. The molecule has 0 bridgehead atoms. The van der Waals surface area contributed by atoms with Gasteiger partial charge in [0, 0.05) is 35.9 Å². The Hall–Kier alpha value is -2.86. The van der Waals surface area contributed by atoms with Crippen molar-refractivity contribution in [2.24, 2.45) is 0 Å². The van der Waals surface area contributed by atoms with Crippen LogP contribution in [0.1, 0.15) is 19.4 Å². The van der Waals surface area contributed by atoms with Crippen LogP contribution in [-0.2, 0) is 14.4 Å². The van der Waals surface area contributed by atoms with Crippen molar-refractivity contribution in [1.29, 1.82) is 0 Å². The van der Waals surface area contributed by atoms with Gasteiger partial charge in [-0.1, -0.05) is 23.7 Å². The molecule has 2 N–H and O–H groups in total. The number of nitrogens with zero attached hydrogens (tertiary/aromatic N) is 1. The number of anilines is 3. The van der Waals surface area contributed by atoms with E-state index in [1.165, 1.54) is 18.7 Å². The number of benzene rings is 2. The van der Waals surface area contributed by atoms with Crippen LogP contribution in [0.4, 0.5) is 17.1 Å². The van der Waals surface area contributed by atoms with E-state index < -0.39 is 0 Å². The minimum atomic E-state index is -0.362. The fraction of sp³-hybridized carbons (Fsp3) is 0.211. The minimum Gasteiger partial charge on any atom is -0.326 e. The maximum Gasteiger partial charge on any atom is 0.244 e. The van der Waals surface area contributed by atoms with E-state index in [0.717, 1.165) is 5.56 Å². The summed E-state index contributed by atoms with van der Waals surface area (Å²) in [6, 6.07) is 12.0. The van der Waals surface area contributed by atoms with Gasteiger partial charge >= 0.3 is 0 Å². The van der Waals surface area contributed by atoms with Gasteiger partial charge in [-0.15, -0.1) is 0 Å². The van der Waals surface area contributed by atoms with E-state index in [2.05, 4.69) is 10.6 Å². The maximum atomic E-state index is 12.4. The Labute approximate surface area is 157 Å². The number of carbonyl (C=O) groups excluding carboxylic acids is 3. The third-order valence-corrected chi connectivity index (χ3v) is 4.09. The van der Waals surface area contributed by atoms with Crippen LogP contribution in [0.15, 0.2) is 42.5 Å². The van der Waals surface area contributed by atoms with E-state index in [-0.39, 0.29) is 24.3 Å². The summed E-state index contributed by atoms with van der Waals surface area (Å²) in [5.74, 6) is -0.829. The molecule has 2 aromatic carbocycles. The fourth-order valence-corrected chi connectivity index (χ4v) is 2.65. The quantitative estimate of drug-likeness (QED) is 0.840. The number of hydrogen-bond donors (Lipinski definition) is 2. The molecule has 26 heavy (non-hydrogen) atoms. The summed E-state index contributed by atoms with van der Waals surface area (Å²) in [5.41, 5.74) is 2.41. The first kappa shape index (κ1) is 19.5. The normalized spacial score (nSPS) is 10.2. The molecule has 0 aromatic heterocycles. The lowest BCUT2D eigenvalue weighted by molar-refractivity contribution is -0.120. The summed E-state index contributed by atoms with van der Waals surface area (Å²) < 4.78 is 0. The number of nitrogens with one attached hydrogen (secondary N) is 2. The van der Waals surface area contributed by atoms with Crippen LogP contribution in [0.2, 0.25) is 5.02 Å². The zero-order chi connectivity index (χ0) is 19.3. The summed E-state index contributed by atoms with van der Waals surface area (Å²) in [6.07, 6.45) is 0. The third-order valence-electron chi connectivity index (χ3n) is 3.68. The first-order valence-corrected chi connectivity index (χ1v) is 8.36. The highest BCUT2D eigenvalue weighted by molar-refractivity contribution is 6.31. The van der Waals surface area contributed by atoms with Crippen LogP contribution < -0.4 is 15.5 Å². The topological polar surface area (TPSA) is 78.5 Å². The number of rotatable bonds is 5. The smallest absolute Gasteiger partial charge is 0.244 e. The second kappa shape index (κ2) is 8.49. The lowest BCUT2D eigenvalue weighted by Crippen LogP contribution is -2.37. The SMILES string of the molecule is CC(=O)Nc1cccc(NC(=O)CN(C(C)=O)c2cccc(Cl)c2C)c1. The van der Waals surface area contributed by atoms with Gasteiger partial charge in [-0.2, -0.15) is 0 Å². The van der Waals surface area contributed by atoms with Crippen molar-refractivity contribution >= 4 is 46.4 Å². The van der Waals surface area contributed by atoms with Crippen molar-refractivity contribution in [3.05, 3.63) is 53.1 Å². The lowest BCUT2D eigenvalue weighted by atomic mass is 10.1. The van der Waals surface area contributed by atoms with Crippen molar-refractivity contribution in [2.45, 2.75) is 20.8 Å². The van der Waals surface area contributed by atoms with Crippen molar-refractivity contribution < 1.29 is 14.4 Å². The average molecular weight is 374 g/mol. The van der Waals surface area contributed by atoms with E-state index in [1.807, 2.05) is 0 Å². The Morgan fingerprint density at radius 3 is 2.23 bits per heavy atom. The lowest BCUT2D eigenvalue weighted by Gasteiger charge is -2.23. The third kappa shape index (κ3) is 5.07. The van der Waals surface area contributed by atoms with Gasteiger partial charge in [0.2, 0.25) is 17.7 Å². The van der Waals surface area contributed by atoms with Crippen molar-refractivity contribution in [3.8, 4) is 0 Å². The van der Waals surface area contributed by atoms with Crippen molar-refractivity contribution in [2.75, 3.05) is 22.1 Å². The Balaban J connectivity index is 2.15. The summed E-state index contributed by atoms with van der Waals surface area (Å²) in [4.78, 5) is 36.9. The largest absolute Gasteiger partial charge is 0.326 e. The minimum absolute atomic E-state index is 0.152. The van der Waals surface area contributed by atoms with E-state index in [4.69, 9.17) is 11.6 Å². The average Bonchev–Trinajstić information content (AvgIpc) is 2.55. The van der Waals surface area contributed by atoms with E-state index in [1.54, 1.807) is 49.4 Å². The molecule has 2 aromatic rings. The standard InChI is InChI=1S/C19H20ClN3O3/c1-12-17(20)8-5-9-18(12)23(14(3)25)11-19(26)22-16-7-4-6-15(10-16)21-13(2)24/h4-10H,11H2,1-3H3,(H,21,24)(H,22,26). The van der Waals surface area contributed by atoms with Crippen LogP contribution in [0.3, 0.4) is 0 Å². The molecule has 0 spiro atoms. The van der Waals surface area contributed by atoms with Gasteiger partial charge in [-0.25, -0.2) is 0 Å². The van der Waals surface area contributed by atoms with Gasteiger partial charge in [-0.3, -0.25) is 14.4 Å². The molecule has 0 saturated carbocycles. The molecule has 2 rings (SSSR count). The molecule has 0 aliphatic carbocycles. The number of halogens is 1. The van der Waals surface area contributed by atoms with Gasteiger partial charge < -0.3 is 15.5 Å². The second-order valence-electron chi connectivity index (χ2n) is 5.80. The van der Waals surface area contributed by atoms with Crippen LogP contribution in [0, 0.1) is 6.92 Å². The monoisotopic (exact) mass is 373 g/mol. The molecule has 0 aliphatic heterocycles. The zero-order valence-corrected chi connectivity index (χ0v) is 15.6. The summed E-state index contributed by atoms with van der Waals surface area (Å²) in [5, 5.41) is 5.90. The van der Waals surface area contributed by atoms with Crippen LogP contribution in [-0.4, -0.2) is 24.3 Å². The zero-order valence-electron chi connectivity index (χ0n) is 14.8. The van der Waals surface area contributed by atoms with Gasteiger partial charge in [0.05, 0.1) is 0 Å². The maximum absolute atomic E-state index is 12.4. The Kier molecular flexibility index (Phi) is 6.36. The highest BCUT2D eigenvalue weighted by Gasteiger charge is 2.18. The number of amides is 3. The fourth-order valence-electron chi connectivity index (χ4n) is 2.48. The van der Waals surface area contributed by atoms with Crippen LogP contribution in [0.25, 0.3) is 0 Å². The molecule has 0 heterocycles. The van der Waals surface area contributed by atoms with Crippen molar-refractivity contribution in [3.63, 3.8) is 0 Å². The Morgan fingerprint density at radius 1 is 1.00 bits per heavy atom. The highest BCUT2D eigenvalue weighted by Crippen LogP contribution is 2.26. The summed E-state index contributed by atoms with van der Waals surface area (Å²) >= 11 is 6.11. The molecule has 3 amide bonds. The summed E-state index contributed by atoms with van der Waals surface area (Å²) in [7, 11) is 0. The number of hydrogen-bond acceptors (Lipinski definition) is 3. The highest BCUT2D eigenvalue weighted by atomic mass is 35.5. The molecule has 0 unspecified atom stereocenters. The molecular formula is C19H20ClN3O3. The molecule has 0 atom stereocenters. The molecule has 0 radical (unpaired) electrons. The van der Waals surface area contributed by atoms with Gasteiger partial charge in [0.15, 0.2) is 0 Å². The number of carbonyl (C=O) groups is 3.